The molecule has 1 aliphatic carbocycles. The van der Waals surface area contributed by atoms with Gasteiger partial charge in [0.2, 0.25) is 0 Å². The van der Waals surface area contributed by atoms with Gasteiger partial charge in [-0.15, -0.1) is 0 Å². The maximum atomic E-state index is 14.7. The van der Waals surface area contributed by atoms with Gasteiger partial charge in [-0.1, -0.05) is 61.1 Å². The fraction of sp³-hybridized carbons (Fsp3) is 0.312. The molecule has 0 unspecified atom stereocenters. The van der Waals surface area contributed by atoms with E-state index in [2.05, 4.69) is 30.6 Å². The Kier molecular flexibility index (Phi) is 7.49. The molecule has 1 saturated carbocycles. The Bertz CT molecular complexity index is 1260. The smallest absolute Gasteiger partial charge is 0.142 e. The normalized spacial score (nSPS) is 17.3. The minimum atomic E-state index is -0.580. The molecule has 172 valence electrons. The first kappa shape index (κ1) is 23.8. The zero-order valence-electron chi connectivity index (χ0n) is 20.1. The molecule has 0 heterocycles. The van der Waals surface area contributed by atoms with Crippen molar-refractivity contribution in [3.63, 3.8) is 0 Å². The van der Waals surface area contributed by atoms with E-state index >= 15 is 0 Å². The van der Waals surface area contributed by atoms with Crippen LogP contribution >= 0.6 is 0 Å². The van der Waals surface area contributed by atoms with Crippen LogP contribution in [0.2, 0.25) is 0 Å². The number of benzene rings is 3. The Morgan fingerprint density at radius 1 is 0.735 bits per heavy atom. The third kappa shape index (κ3) is 6.15. The molecule has 0 N–H and O–H groups in total. The van der Waals surface area contributed by atoms with Crippen molar-refractivity contribution in [3.05, 3.63) is 105 Å². The predicted octanol–water partition coefficient (Wildman–Crippen LogP) is 7.75. The van der Waals surface area contributed by atoms with Crippen LogP contribution in [0.5, 0.6) is 0 Å². The van der Waals surface area contributed by atoms with Crippen molar-refractivity contribution in [2.24, 2.45) is 11.8 Å². The zero-order chi connectivity index (χ0) is 24.1. The van der Waals surface area contributed by atoms with Crippen LogP contribution in [-0.2, 0) is 6.42 Å². The molecule has 0 nitrogen and oxygen atoms in total. The summed E-state index contributed by atoms with van der Waals surface area (Å²) in [5.41, 5.74) is 5.31. The van der Waals surface area contributed by atoms with Gasteiger partial charge in [0.05, 0.1) is 5.56 Å². The van der Waals surface area contributed by atoms with E-state index < -0.39 is 11.6 Å². The number of hydrogen-bond acceptors (Lipinski definition) is 0. The Labute approximate surface area is 202 Å². The largest absolute Gasteiger partial charge is 0.206 e. The van der Waals surface area contributed by atoms with E-state index in [9.17, 15) is 8.78 Å². The topological polar surface area (TPSA) is 0 Å². The second kappa shape index (κ2) is 10.7. The van der Waals surface area contributed by atoms with Crippen molar-refractivity contribution in [1.82, 2.24) is 0 Å². The summed E-state index contributed by atoms with van der Waals surface area (Å²) in [6, 6.07) is 16.6. The molecule has 0 radical (unpaired) electrons. The van der Waals surface area contributed by atoms with E-state index in [1.54, 1.807) is 0 Å². The summed E-state index contributed by atoms with van der Waals surface area (Å²) in [7, 11) is 0. The number of aryl methyl sites for hydroxylation is 2. The van der Waals surface area contributed by atoms with Crippen molar-refractivity contribution in [3.8, 4) is 23.7 Å². The molecular weight excluding hydrogens is 422 g/mol. The molecule has 0 atom stereocenters. The van der Waals surface area contributed by atoms with Crippen molar-refractivity contribution < 1.29 is 8.78 Å². The summed E-state index contributed by atoms with van der Waals surface area (Å²) in [4.78, 5) is 0. The van der Waals surface area contributed by atoms with Crippen LogP contribution in [0.4, 0.5) is 8.78 Å². The fourth-order valence-electron chi connectivity index (χ4n) is 4.52. The number of halogens is 2. The summed E-state index contributed by atoms with van der Waals surface area (Å²) in [5, 5.41) is 0. The summed E-state index contributed by atoms with van der Waals surface area (Å²) >= 11 is 0. The lowest BCUT2D eigenvalue weighted by molar-refractivity contribution is 0.288. The lowest BCUT2D eigenvalue weighted by atomic mass is 9.80. The van der Waals surface area contributed by atoms with E-state index in [-0.39, 0.29) is 5.56 Å². The van der Waals surface area contributed by atoms with Gasteiger partial charge in [0, 0.05) is 16.7 Å². The highest BCUT2D eigenvalue weighted by Gasteiger charge is 2.19. The first-order valence-electron chi connectivity index (χ1n) is 12.1. The highest BCUT2D eigenvalue weighted by molar-refractivity contribution is 5.52. The Balaban J connectivity index is 1.48. The van der Waals surface area contributed by atoms with E-state index in [1.807, 2.05) is 56.3 Å². The van der Waals surface area contributed by atoms with Crippen LogP contribution in [-0.4, -0.2) is 0 Å². The highest BCUT2D eigenvalue weighted by Crippen LogP contribution is 2.31. The van der Waals surface area contributed by atoms with Gasteiger partial charge >= 0.3 is 0 Å². The average Bonchev–Trinajstić information content (AvgIpc) is 2.80. The van der Waals surface area contributed by atoms with E-state index in [0.29, 0.717) is 11.5 Å². The summed E-state index contributed by atoms with van der Waals surface area (Å²) in [5.74, 6) is 12.1. The van der Waals surface area contributed by atoms with Gasteiger partial charge in [0.1, 0.15) is 11.6 Å². The van der Waals surface area contributed by atoms with Crippen LogP contribution in [0.1, 0.15) is 71.6 Å². The maximum Gasteiger partial charge on any atom is 0.142 e. The van der Waals surface area contributed by atoms with E-state index in [4.69, 9.17) is 0 Å². The quantitative estimate of drug-likeness (QED) is 0.349. The lowest BCUT2D eigenvalue weighted by Gasteiger charge is -2.26. The zero-order valence-corrected chi connectivity index (χ0v) is 20.1. The van der Waals surface area contributed by atoms with Crippen LogP contribution < -0.4 is 0 Å². The van der Waals surface area contributed by atoms with Crippen LogP contribution in [0.3, 0.4) is 0 Å². The maximum absolute atomic E-state index is 14.7. The second-order valence-corrected chi connectivity index (χ2v) is 9.66. The average molecular weight is 453 g/mol. The van der Waals surface area contributed by atoms with Gasteiger partial charge in [0.15, 0.2) is 0 Å². The van der Waals surface area contributed by atoms with Gasteiger partial charge in [-0.05, 0) is 98.5 Å². The monoisotopic (exact) mass is 452 g/mol. The molecular formula is C32H30F2. The molecule has 0 aromatic heterocycles. The Morgan fingerprint density at radius 3 is 2.00 bits per heavy atom. The summed E-state index contributed by atoms with van der Waals surface area (Å²) in [6.45, 7) is 6.29. The molecule has 2 heteroatoms. The van der Waals surface area contributed by atoms with E-state index in [0.717, 1.165) is 47.4 Å². The van der Waals surface area contributed by atoms with Gasteiger partial charge in [-0.3, -0.25) is 0 Å². The van der Waals surface area contributed by atoms with Crippen molar-refractivity contribution in [2.75, 3.05) is 0 Å². The van der Waals surface area contributed by atoms with Gasteiger partial charge in [-0.25, -0.2) is 8.78 Å². The molecule has 0 amide bonds. The van der Waals surface area contributed by atoms with Crippen molar-refractivity contribution in [2.45, 2.75) is 52.9 Å². The van der Waals surface area contributed by atoms with Gasteiger partial charge < -0.3 is 0 Å². The van der Waals surface area contributed by atoms with Gasteiger partial charge in [0.25, 0.3) is 0 Å². The molecule has 4 rings (SSSR count). The molecule has 3 aromatic carbocycles. The molecule has 1 fully saturated rings. The minimum Gasteiger partial charge on any atom is -0.206 e. The number of rotatable bonds is 2. The first-order chi connectivity index (χ1) is 16.4. The molecule has 0 aliphatic heterocycles. The Hall–Kier alpha value is -3.36. The third-order valence-corrected chi connectivity index (χ3v) is 6.71. The van der Waals surface area contributed by atoms with E-state index in [1.165, 1.54) is 30.5 Å². The lowest BCUT2D eigenvalue weighted by Crippen LogP contribution is -2.14. The summed E-state index contributed by atoms with van der Waals surface area (Å²) < 4.78 is 29.4. The molecule has 3 aromatic rings. The van der Waals surface area contributed by atoms with Crippen LogP contribution in [0.15, 0.2) is 54.6 Å². The molecule has 34 heavy (non-hydrogen) atoms. The van der Waals surface area contributed by atoms with Gasteiger partial charge in [-0.2, -0.15) is 0 Å². The SMILES string of the molecule is Cc1ccc(C#Cc2ccc(C#Cc3c(F)cc(CC4CCC(C)CC4)cc3F)cc2C)cc1. The van der Waals surface area contributed by atoms with Crippen LogP contribution in [0.25, 0.3) is 0 Å². The minimum absolute atomic E-state index is 0.165. The third-order valence-electron chi connectivity index (χ3n) is 6.71. The molecule has 0 saturated heterocycles. The number of hydrogen-bond donors (Lipinski definition) is 0. The molecule has 0 spiro atoms. The first-order valence-corrected chi connectivity index (χ1v) is 12.1. The molecule has 0 bridgehead atoms. The van der Waals surface area contributed by atoms with Crippen LogP contribution in [0, 0.1) is 61.0 Å². The van der Waals surface area contributed by atoms with Crippen molar-refractivity contribution in [1.29, 1.82) is 0 Å². The fourth-order valence-corrected chi connectivity index (χ4v) is 4.52. The summed E-state index contributed by atoms with van der Waals surface area (Å²) in [6.07, 6.45) is 5.41. The standard InChI is InChI=1S/C32H30F2/c1-22-4-8-25(9-5-22)12-15-29-16-13-26(18-24(29)3)14-17-30-31(33)20-28(21-32(30)34)19-27-10-6-23(2)7-11-27/h4-5,8-9,13,16,18,20-21,23,27H,6-7,10-11,19H2,1-3H3. The van der Waals surface area contributed by atoms with Crippen molar-refractivity contribution >= 4 is 0 Å². The molecule has 1 aliphatic rings. The highest BCUT2D eigenvalue weighted by atomic mass is 19.1. The second-order valence-electron chi connectivity index (χ2n) is 9.66. The Morgan fingerprint density at radius 2 is 1.35 bits per heavy atom. The predicted molar refractivity (Wildman–Crippen MR) is 136 cm³/mol.